The Labute approximate surface area is 93.7 Å². The van der Waals surface area contributed by atoms with Crippen molar-refractivity contribution in [1.82, 2.24) is 0 Å². The smallest absolute Gasteiger partial charge is 0.190 e. The van der Waals surface area contributed by atoms with E-state index in [-0.39, 0.29) is 4.90 Å². The molecule has 0 aliphatic carbocycles. The first-order chi connectivity index (χ1) is 7.19. The van der Waals surface area contributed by atoms with Crippen LogP contribution in [0.3, 0.4) is 0 Å². The SMILES string of the molecule is CC(C)(C(=N)N)S(=O)(=O)c1ccc(F)cc1. The monoisotopic (exact) mass is 244 g/mol. The Morgan fingerprint density at radius 2 is 1.75 bits per heavy atom. The van der Waals surface area contributed by atoms with Crippen LogP contribution in [-0.2, 0) is 9.84 Å². The number of hydrogen-bond acceptors (Lipinski definition) is 3. The standard InChI is InChI=1S/C10H13FN2O2S/c1-10(2,9(12)13)16(14,15)8-5-3-7(11)4-6-8/h3-6H,1-2H3,(H3,12,13). The normalized spacial score (nSPS) is 12.4. The summed E-state index contributed by atoms with van der Waals surface area (Å²) in [6, 6.07) is 4.44. The lowest BCUT2D eigenvalue weighted by atomic mass is 10.2. The molecule has 3 N–H and O–H groups in total. The minimum absolute atomic E-state index is 0.0471. The molecule has 16 heavy (non-hydrogen) atoms. The molecule has 0 fully saturated rings. The van der Waals surface area contributed by atoms with Crippen LogP contribution in [0.1, 0.15) is 13.8 Å². The zero-order valence-corrected chi connectivity index (χ0v) is 9.81. The highest BCUT2D eigenvalue weighted by Crippen LogP contribution is 2.25. The van der Waals surface area contributed by atoms with Gasteiger partial charge in [0.15, 0.2) is 9.84 Å². The second-order valence-corrected chi connectivity index (χ2v) is 6.38. The van der Waals surface area contributed by atoms with Crippen LogP contribution in [0.15, 0.2) is 29.2 Å². The third-order valence-corrected chi connectivity index (χ3v) is 4.90. The number of hydrogen-bond donors (Lipinski definition) is 2. The molecule has 0 heterocycles. The molecule has 0 unspecified atom stereocenters. The molecule has 0 bridgehead atoms. The lowest BCUT2D eigenvalue weighted by Crippen LogP contribution is -2.44. The van der Waals surface area contributed by atoms with E-state index < -0.39 is 26.2 Å². The summed E-state index contributed by atoms with van der Waals surface area (Å²) < 4.78 is 35.3. The summed E-state index contributed by atoms with van der Waals surface area (Å²) >= 11 is 0. The predicted octanol–water partition coefficient (Wildman–Crippen LogP) is 1.31. The van der Waals surface area contributed by atoms with Gasteiger partial charge in [0.2, 0.25) is 0 Å². The zero-order valence-electron chi connectivity index (χ0n) is 8.99. The largest absolute Gasteiger partial charge is 0.386 e. The maximum atomic E-state index is 12.7. The van der Waals surface area contributed by atoms with Crippen molar-refractivity contribution >= 4 is 15.7 Å². The molecular formula is C10H13FN2O2S. The third kappa shape index (κ3) is 1.92. The molecule has 4 nitrogen and oxygen atoms in total. The number of benzene rings is 1. The van der Waals surface area contributed by atoms with E-state index in [0.717, 1.165) is 24.3 Å². The zero-order chi connectivity index (χ0) is 12.6. The fraction of sp³-hybridized carbons (Fsp3) is 0.300. The Morgan fingerprint density at radius 1 is 1.31 bits per heavy atom. The maximum Gasteiger partial charge on any atom is 0.190 e. The van der Waals surface area contributed by atoms with Crippen molar-refractivity contribution in [3.8, 4) is 0 Å². The second-order valence-electron chi connectivity index (χ2n) is 3.88. The molecule has 0 atom stereocenters. The van der Waals surface area contributed by atoms with Gasteiger partial charge in [-0.05, 0) is 38.1 Å². The molecule has 0 spiro atoms. The van der Waals surface area contributed by atoms with Gasteiger partial charge in [0, 0.05) is 0 Å². The van der Waals surface area contributed by atoms with Gasteiger partial charge in [0.25, 0.3) is 0 Å². The van der Waals surface area contributed by atoms with Crippen LogP contribution in [0.25, 0.3) is 0 Å². The van der Waals surface area contributed by atoms with Crippen LogP contribution in [-0.4, -0.2) is 19.0 Å². The van der Waals surface area contributed by atoms with E-state index in [1.165, 1.54) is 13.8 Å². The topological polar surface area (TPSA) is 84.0 Å². The number of amidine groups is 1. The lowest BCUT2D eigenvalue weighted by molar-refractivity contribution is 0.575. The highest BCUT2D eigenvalue weighted by Gasteiger charge is 2.38. The molecule has 1 aromatic carbocycles. The summed E-state index contributed by atoms with van der Waals surface area (Å²) in [6.45, 7) is 2.68. The van der Waals surface area contributed by atoms with Crippen molar-refractivity contribution in [2.45, 2.75) is 23.5 Å². The molecule has 0 amide bonds. The summed E-state index contributed by atoms with van der Waals surface area (Å²) in [5.41, 5.74) is 5.25. The Balaban J connectivity index is 3.33. The highest BCUT2D eigenvalue weighted by atomic mass is 32.2. The molecule has 0 aliphatic rings. The van der Waals surface area contributed by atoms with Gasteiger partial charge >= 0.3 is 0 Å². The summed E-state index contributed by atoms with van der Waals surface area (Å²) in [7, 11) is -3.77. The van der Waals surface area contributed by atoms with Crippen LogP contribution in [0.5, 0.6) is 0 Å². The van der Waals surface area contributed by atoms with Crippen molar-refractivity contribution in [3.05, 3.63) is 30.1 Å². The quantitative estimate of drug-likeness (QED) is 0.477. The van der Waals surface area contributed by atoms with E-state index in [2.05, 4.69) is 0 Å². The van der Waals surface area contributed by atoms with Gasteiger partial charge in [-0.25, -0.2) is 12.8 Å². The average molecular weight is 244 g/mol. The van der Waals surface area contributed by atoms with Crippen LogP contribution < -0.4 is 5.73 Å². The molecule has 88 valence electrons. The van der Waals surface area contributed by atoms with E-state index in [1.807, 2.05) is 0 Å². The van der Waals surface area contributed by atoms with Crippen LogP contribution in [0.4, 0.5) is 4.39 Å². The van der Waals surface area contributed by atoms with Crippen LogP contribution in [0.2, 0.25) is 0 Å². The minimum Gasteiger partial charge on any atom is -0.386 e. The Kier molecular flexibility index (Phi) is 3.05. The van der Waals surface area contributed by atoms with Gasteiger partial charge in [-0.3, -0.25) is 5.41 Å². The fourth-order valence-corrected chi connectivity index (χ4v) is 2.43. The number of rotatable bonds is 3. The fourth-order valence-electron chi connectivity index (χ4n) is 1.05. The highest BCUT2D eigenvalue weighted by molar-refractivity contribution is 7.93. The summed E-state index contributed by atoms with van der Waals surface area (Å²) in [4.78, 5) is -0.0471. The predicted molar refractivity (Wildman–Crippen MR) is 59.6 cm³/mol. The van der Waals surface area contributed by atoms with Gasteiger partial charge in [-0.2, -0.15) is 0 Å². The van der Waals surface area contributed by atoms with Gasteiger partial charge in [0.1, 0.15) is 16.4 Å². The second kappa shape index (κ2) is 3.86. The molecule has 0 radical (unpaired) electrons. The van der Waals surface area contributed by atoms with Crippen molar-refractivity contribution < 1.29 is 12.8 Å². The van der Waals surface area contributed by atoms with E-state index in [9.17, 15) is 12.8 Å². The average Bonchev–Trinajstić information content (AvgIpc) is 2.17. The Morgan fingerprint density at radius 3 is 2.12 bits per heavy atom. The van der Waals surface area contributed by atoms with Gasteiger partial charge in [0.05, 0.1) is 4.90 Å². The number of nitrogens with two attached hydrogens (primary N) is 1. The van der Waals surface area contributed by atoms with Crippen molar-refractivity contribution in [3.63, 3.8) is 0 Å². The number of sulfone groups is 1. The number of halogens is 1. The summed E-state index contributed by atoms with van der Waals surface area (Å²) in [5.74, 6) is -0.962. The molecule has 0 saturated heterocycles. The first-order valence-electron chi connectivity index (χ1n) is 4.54. The van der Waals surface area contributed by atoms with E-state index in [1.54, 1.807) is 0 Å². The van der Waals surface area contributed by atoms with Crippen LogP contribution >= 0.6 is 0 Å². The molecule has 1 rings (SSSR count). The van der Waals surface area contributed by atoms with E-state index in [0.29, 0.717) is 0 Å². The van der Waals surface area contributed by atoms with E-state index >= 15 is 0 Å². The third-order valence-electron chi connectivity index (χ3n) is 2.44. The first-order valence-corrected chi connectivity index (χ1v) is 6.02. The Hall–Kier alpha value is -1.43. The molecular weight excluding hydrogens is 231 g/mol. The van der Waals surface area contributed by atoms with Crippen LogP contribution in [0, 0.1) is 11.2 Å². The first kappa shape index (κ1) is 12.6. The molecule has 0 aliphatic heterocycles. The number of nitrogens with one attached hydrogen (secondary N) is 1. The maximum absolute atomic E-state index is 12.7. The Bertz CT molecular complexity index is 506. The molecule has 1 aromatic rings. The van der Waals surface area contributed by atoms with Crippen molar-refractivity contribution in [1.29, 1.82) is 5.41 Å². The minimum atomic E-state index is -3.77. The van der Waals surface area contributed by atoms with Gasteiger partial charge < -0.3 is 5.73 Å². The molecule has 0 saturated carbocycles. The van der Waals surface area contributed by atoms with Gasteiger partial charge in [-0.15, -0.1) is 0 Å². The molecule has 0 aromatic heterocycles. The van der Waals surface area contributed by atoms with E-state index in [4.69, 9.17) is 11.1 Å². The summed E-state index contributed by atoms with van der Waals surface area (Å²) in [5, 5.41) is 7.27. The molecule has 6 heteroatoms. The van der Waals surface area contributed by atoms with Crippen molar-refractivity contribution in [2.75, 3.05) is 0 Å². The summed E-state index contributed by atoms with van der Waals surface area (Å²) in [6.07, 6.45) is 0. The van der Waals surface area contributed by atoms with Gasteiger partial charge in [-0.1, -0.05) is 0 Å². The van der Waals surface area contributed by atoms with Crippen molar-refractivity contribution in [2.24, 2.45) is 5.73 Å². The lowest BCUT2D eigenvalue weighted by Gasteiger charge is -2.23.